The van der Waals surface area contributed by atoms with Crippen LogP contribution in [0.1, 0.15) is 33.6 Å². The highest BCUT2D eigenvalue weighted by Gasteiger charge is 2.15. The lowest BCUT2D eigenvalue weighted by atomic mass is 10.1. The average Bonchev–Trinajstić information content (AvgIpc) is 2.29. The first-order valence-corrected chi connectivity index (χ1v) is 6.03. The lowest BCUT2D eigenvalue weighted by Gasteiger charge is -2.21. The largest absolute Gasteiger partial charge is 0.467 e. The maximum absolute atomic E-state index is 5.79. The summed E-state index contributed by atoms with van der Waals surface area (Å²) in [5.41, 5.74) is -0.315. The predicted octanol–water partition coefficient (Wildman–Crippen LogP) is 4.15. The van der Waals surface area contributed by atoms with Gasteiger partial charge in [0.15, 0.2) is 0 Å². The van der Waals surface area contributed by atoms with E-state index in [0.717, 1.165) is 12.8 Å². The number of ether oxygens (including phenoxy) is 1. The number of unbranched alkanes of at least 4 members (excludes halogenated alkanes) is 1. The van der Waals surface area contributed by atoms with Gasteiger partial charge in [0.2, 0.25) is 5.88 Å². The van der Waals surface area contributed by atoms with Gasteiger partial charge in [-0.3, -0.25) is 0 Å². The van der Waals surface area contributed by atoms with Gasteiger partial charge in [0, 0.05) is 12.3 Å². The number of hydrogen-bond acceptors (Lipinski definition) is 2. The minimum Gasteiger partial charge on any atom is -0.467 e. The van der Waals surface area contributed by atoms with E-state index in [1.165, 1.54) is 0 Å². The molecule has 0 aromatic carbocycles. The van der Waals surface area contributed by atoms with Crippen LogP contribution in [0, 0.1) is 0 Å². The van der Waals surface area contributed by atoms with Crippen LogP contribution >= 0.6 is 0 Å². The van der Waals surface area contributed by atoms with Crippen molar-refractivity contribution in [1.82, 2.24) is 4.98 Å². The Morgan fingerprint density at radius 2 is 2.00 bits per heavy atom. The van der Waals surface area contributed by atoms with Crippen molar-refractivity contribution in [3.63, 3.8) is 0 Å². The minimum atomic E-state index is -0.315. The molecular formula is C15H21NO. The van der Waals surface area contributed by atoms with Crippen LogP contribution in [0.3, 0.4) is 0 Å². The van der Waals surface area contributed by atoms with Gasteiger partial charge in [-0.25, -0.2) is 4.98 Å². The Kier molecular flexibility index (Phi) is 5.47. The molecule has 0 bridgehead atoms. The molecule has 2 nitrogen and oxygen atoms in total. The molecule has 0 aliphatic rings. The molecule has 0 unspecified atom stereocenters. The molecule has 0 saturated heterocycles. The number of pyridine rings is 1. The van der Waals surface area contributed by atoms with Crippen molar-refractivity contribution in [3.05, 3.63) is 48.7 Å². The zero-order valence-corrected chi connectivity index (χ0v) is 10.9. The monoisotopic (exact) mass is 231 g/mol. The fraction of sp³-hybridized carbons (Fsp3) is 0.400. The molecule has 1 rings (SSSR count). The van der Waals surface area contributed by atoms with Crippen LogP contribution < -0.4 is 4.74 Å². The predicted molar refractivity (Wildman–Crippen MR) is 72.1 cm³/mol. The van der Waals surface area contributed by atoms with Crippen LogP contribution in [0.25, 0.3) is 0 Å². The lowest BCUT2D eigenvalue weighted by molar-refractivity contribution is 0.154. The van der Waals surface area contributed by atoms with E-state index >= 15 is 0 Å². The summed E-state index contributed by atoms with van der Waals surface area (Å²) < 4.78 is 5.79. The quantitative estimate of drug-likeness (QED) is 0.542. The molecule has 0 aliphatic heterocycles. The zero-order valence-electron chi connectivity index (χ0n) is 10.9. The van der Waals surface area contributed by atoms with E-state index in [1.54, 1.807) is 6.20 Å². The Hall–Kier alpha value is -1.57. The Morgan fingerprint density at radius 1 is 1.24 bits per heavy atom. The molecule has 0 atom stereocenters. The Morgan fingerprint density at radius 3 is 2.65 bits per heavy atom. The normalized spacial score (nSPS) is 12.4. The summed E-state index contributed by atoms with van der Waals surface area (Å²) in [4.78, 5) is 4.15. The molecule has 1 aromatic heterocycles. The second kappa shape index (κ2) is 6.89. The van der Waals surface area contributed by atoms with Crippen molar-refractivity contribution < 1.29 is 4.74 Å². The second-order valence-electron chi connectivity index (χ2n) is 4.42. The van der Waals surface area contributed by atoms with Crippen LogP contribution in [0.15, 0.2) is 48.7 Å². The van der Waals surface area contributed by atoms with E-state index in [1.807, 2.05) is 39.0 Å². The third kappa shape index (κ3) is 5.91. The van der Waals surface area contributed by atoms with E-state index in [-0.39, 0.29) is 5.60 Å². The highest BCUT2D eigenvalue weighted by atomic mass is 16.5. The molecule has 1 aromatic rings. The molecule has 0 fully saturated rings. The van der Waals surface area contributed by atoms with E-state index < -0.39 is 0 Å². The van der Waals surface area contributed by atoms with Crippen LogP contribution in [0.2, 0.25) is 0 Å². The maximum Gasteiger partial charge on any atom is 0.214 e. The van der Waals surface area contributed by atoms with Crippen LogP contribution in [-0.4, -0.2) is 10.6 Å². The van der Waals surface area contributed by atoms with Gasteiger partial charge in [0.25, 0.3) is 0 Å². The molecule has 0 radical (unpaired) electrons. The molecular weight excluding hydrogens is 210 g/mol. The first-order valence-electron chi connectivity index (χ1n) is 6.03. The van der Waals surface area contributed by atoms with Crippen molar-refractivity contribution in [2.24, 2.45) is 0 Å². The van der Waals surface area contributed by atoms with E-state index in [9.17, 15) is 0 Å². The summed E-state index contributed by atoms with van der Waals surface area (Å²) in [6, 6.07) is 5.68. The molecule has 92 valence electrons. The van der Waals surface area contributed by atoms with E-state index in [0.29, 0.717) is 5.88 Å². The third-order valence-electron chi connectivity index (χ3n) is 2.26. The number of aromatic nitrogens is 1. The van der Waals surface area contributed by atoms with Gasteiger partial charge in [-0.05, 0) is 45.8 Å². The van der Waals surface area contributed by atoms with Crippen molar-refractivity contribution >= 4 is 0 Å². The van der Waals surface area contributed by atoms with Crippen LogP contribution in [0.4, 0.5) is 0 Å². The Balaban J connectivity index is 2.45. The first kappa shape index (κ1) is 13.5. The SMILES string of the molecule is C/C=C/CC/C=C/C(C)(C)Oc1ccccn1. The molecule has 1 heterocycles. The molecule has 0 spiro atoms. The van der Waals surface area contributed by atoms with Gasteiger partial charge in [-0.2, -0.15) is 0 Å². The first-order chi connectivity index (χ1) is 8.14. The zero-order chi connectivity index (χ0) is 12.6. The summed E-state index contributed by atoms with van der Waals surface area (Å²) in [5.74, 6) is 0.663. The van der Waals surface area contributed by atoms with Crippen molar-refractivity contribution in [1.29, 1.82) is 0 Å². The number of hydrogen-bond donors (Lipinski definition) is 0. The number of allylic oxidation sites excluding steroid dienone is 3. The van der Waals surface area contributed by atoms with Gasteiger partial charge in [0.1, 0.15) is 5.60 Å². The summed E-state index contributed by atoms with van der Waals surface area (Å²) in [6.45, 7) is 6.11. The summed E-state index contributed by atoms with van der Waals surface area (Å²) in [7, 11) is 0. The third-order valence-corrected chi connectivity index (χ3v) is 2.26. The molecule has 0 aliphatic carbocycles. The Bertz CT molecular complexity index is 366. The topological polar surface area (TPSA) is 22.1 Å². The van der Waals surface area contributed by atoms with Crippen molar-refractivity contribution in [2.45, 2.75) is 39.2 Å². The number of rotatable bonds is 6. The van der Waals surface area contributed by atoms with E-state index in [4.69, 9.17) is 4.74 Å². The molecule has 0 amide bonds. The van der Waals surface area contributed by atoms with Gasteiger partial charge < -0.3 is 4.74 Å². The average molecular weight is 231 g/mol. The fourth-order valence-electron chi connectivity index (χ4n) is 1.44. The van der Waals surface area contributed by atoms with E-state index in [2.05, 4.69) is 29.3 Å². The molecule has 0 N–H and O–H groups in total. The minimum absolute atomic E-state index is 0.315. The Labute approximate surface area is 104 Å². The molecule has 17 heavy (non-hydrogen) atoms. The summed E-state index contributed by atoms with van der Waals surface area (Å²) >= 11 is 0. The van der Waals surface area contributed by atoms with Crippen molar-refractivity contribution in [3.8, 4) is 5.88 Å². The molecule has 2 heteroatoms. The summed E-state index contributed by atoms with van der Waals surface area (Å²) in [6.07, 6.45) is 12.3. The van der Waals surface area contributed by atoms with Gasteiger partial charge in [-0.15, -0.1) is 0 Å². The summed E-state index contributed by atoms with van der Waals surface area (Å²) in [5, 5.41) is 0. The second-order valence-corrected chi connectivity index (χ2v) is 4.42. The number of nitrogens with zero attached hydrogens (tertiary/aromatic N) is 1. The maximum atomic E-state index is 5.79. The van der Waals surface area contributed by atoms with Gasteiger partial charge in [0.05, 0.1) is 0 Å². The van der Waals surface area contributed by atoms with Crippen molar-refractivity contribution in [2.75, 3.05) is 0 Å². The van der Waals surface area contributed by atoms with Gasteiger partial charge >= 0.3 is 0 Å². The standard InChI is InChI=1S/C15H21NO/c1-4-5-6-7-9-12-15(2,3)17-14-11-8-10-13-16-14/h4-5,8-13H,6-7H2,1-3H3/b5-4+,12-9+. The fourth-order valence-corrected chi connectivity index (χ4v) is 1.44. The molecule has 0 saturated carbocycles. The lowest BCUT2D eigenvalue weighted by Crippen LogP contribution is -2.25. The van der Waals surface area contributed by atoms with Crippen LogP contribution in [0.5, 0.6) is 5.88 Å². The highest BCUT2D eigenvalue weighted by Crippen LogP contribution is 2.16. The van der Waals surface area contributed by atoms with Crippen LogP contribution in [-0.2, 0) is 0 Å². The van der Waals surface area contributed by atoms with Gasteiger partial charge in [-0.1, -0.05) is 24.3 Å². The smallest absolute Gasteiger partial charge is 0.214 e. The highest BCUT2D eigenvalue weighted by molar-refractivity contribution is 5.12.